The Labute approximate surface area is 95.2 Å². The Morgan fingerprint density at radius 2 is 2.44 bits per heavy atom. The highest BCUT2D eigenvalue weighted by Crippen LogP contribution is 2.19. The van der Waals surface area contributed by atoms with E-state index in [0.29, 0.717) is 5.88 Å². The Kier molecular flexibility index (Phi) is 3.56. The minimum atomic E-state index is 0.252. The van der Waals surface area contributed by atoms with Gasteiger partial charge in [0, 0.05) is 12.7 Å². The van der Waals surface area contributed by atoms with E-state index in [9.17, 15) is 0 Å². The molecule has 1 aliphatic rings. The molecule has 1 aromatic heterocycles. The number of hydrogen-bond donors (Lipinski definition) is 1. The Morgan fingerprint density at radius 3 is 3.12 bits per heavy atom. The van der Waals surface area contributed by atoms with Gasteiger partial charge >= 0.3 is 0 Å². The van der Waals surface area contributed by atoms with Crippen LogP contribution in [0, 0.1) is 0 Å². The molecule has 5 heteroatoms. The van der Waals surface area contributed by atoms with Gasteiger partial charge in [-0.3, -0.25) is 0 Å². The highest BCUT2D eigenvalue weighted by Gasteiger charge is 2.22. The van der Waals surface area contributed by atoms with Crippen LogP contribution >= 0.6 is 0 Å². The highest BCUT2D eigenvalue weighted by atomic mass is 16.5. The van der Waals surface area contributed by atoms with Gasteiger partial charge in [0.1, 0.15) is 12.1 Å². The summed E-state index contributed by atoms with van der Waals surface area (Å²) in [4.78, 5) is 8.10. The zero-order valence-electron chi connectivity index (χ0n) is 9.64. The van der Waals surface area contributed by atoms with Gasteiger partial charge in [0.15, 0.2) is 0 Å². The van der Waals surface area contributed by atoms with E-state index in [1.165, 1.54) is 6.33 Å². The average molecular weight is 223 g/mol. The van der Waals surface area contributed by atoms with Crippen molar-refractivity contribution in [1.82, 2.24) is 9.97 Å². The first-order chi connectivity index (χ1) is 7.79. The van der Waals surface area contributed by atoms with Crippen LogP contribution in [0.5, 0.6) is 5.88 Å². The molecule has 1 aromatic rings. The molecule has 0 radical (unpaired) electrons. The quantitative estimate of drug-likeness (QED) is 0.837. The van der Waals surface area contributed by atoms with E-state index in [2.05, 4.69) is 22.2 Å². The Balaban J connectivity index is 1.96. The number of rotatable bonds is 4. The molecular formula is C11H17N3O2. The predicted molar refractivity (Wildman–Crippen MR) is 60.6 cm³/mol. The number of methoxy groups -OCH3 is 1. The molecule has 0 aliphatic carbocycles. The zero-order chi connectivity index (χ0) is 11.4. The van der Waals surface area contributed by atoms with Crippen LogP contribution in [-0.4, -0.2) is 35.8 Å². The van der Waals surface area contributed by atoms with Gasteiger partial charge in [0.25, 0.3) is 0 Å². The van der Waals surface area contributed by atoms with Crippen molar-refractivity contribution in [2.45, 2.75) is 31.9 Å². The van der Waals surface area contributed by atoms with Crippen LogP contribution in [0.25, 0.3) is 0 Å². The fourth-order valence-corrected chi connectivity index (χ4v) is 1.85. The minimum absolute atomic E-state index is 0.252. The normalized spacial score (nSPS) is 21.8. The summed E-state index contributed by atoms with van der Waals surface area (Å²) in [6.45, 7) is 2.97. The summed E-state index contributed by atoms with van der Waals surface area (Å²) >= 11 is 0. The molecule has 1 aliphatic heterocycles. The van der Waals surface area contributed by atoms with E-state index < -0.39 is 0 Å². The number of nitrogens with one attached hydrogen (secondary N) is 1. The van der Waals surface area contributed by atoms with E-state index in [4.69, 9.17) is 9.47 Å². The average Bonchev–Trinajstić information content (AvgIpc) is 2.83. The molecule has 1 fully saturated rings. The summed E-state index contributed by atoms with van der Waals surface area (Å²) in [5.41, 5.74) is 0. The maximum atomic E-state index is 5.61. The Bertz CT molecular complexity index is 340. The van der Waals surface area contributed by atoms with Crippen LogP contribution in [0.1, 0.15) is 19.8 Å². The third-order valence-electron chi connectivity index (χ3n) is 2.75. The van der Waals surface area contributed by atoms with E-state index in [1.54, 1.807) is 13.2 Å². The van der Waals surface area contributed by atoms with Crippen LogP contribution in [-0.2, 0) is 4.74 Å². The summed E-state index contributed by atoms with van der Waals surface area (Å²) in [6.07, 6.45) is 4.02. The second kappa shape index (κ2) is 5.12. The topological polar surface area (TPSA) is 56.3 Å². The van der Waals surface area contributed by atoms with E-state index in [1.807, 2.05) is 0 Å². The largest absolute Gasteiger partial charge is 0.481 e. The lowest BCUT2D eigenvalue weighted by atomic mass is 10.1. The first kappa shape index (κ1) is 11.1. The molecule has 2 atom stereocenters. The first-order valence-electron chi connectivity index (χ1n) is 5.54. The fourth-order valence-electron chi connectivity index (χ4n) is 1.85. The molecule has 0 spiro atoms. The first-order valence-corrected chi connectivity index (χ1v) is 5.54. The minimum Gasteiger partial charge on any atom is -0.481 e. The van der Waals surface area contributed by atoms with Gasteiger partial charge in [0.05, 0.1) is 19.3 Å². The predicted octanol–water partition coefficient (Wildman–Crippen LogP) is 1.46. The van der Waals surface area contributed by atoms with Crippen molar-refractivity contribution in [3.8, 4) is 5.88 Å². The van der Waals surface area contributed by atoms with Gasteiger partial charge in [-0.15, -0.1) is 0 Å². The zero-order valence-corrected chi connectivity index (χ0v) is 9.64. The molecule has 2 unspecified atom stereocenters. The van der Waals surface area contributed by atoms with Crippen LogP contribution in [0.2, 0.25) is 0 Å². The highest BCUT2D eigenvalue weighted by molar-refractivity contribution is 5.38. The summed E-state index contributed by atoms with van der Waals surface area (Å²) in [5, 5.41) is 3.30. The lowest BCUT2D eigenvalue weighted by Crippen LogP contribution is -2.30. The van der Waals surface area contributed by atoms with Crippen molar-refractivity contribution in [2.75, 3.05) is 19.0 Å². The third kappa shape index (κ3) is 2.61. The van der Waals surface area contributed by atoms with Crippen molar-refractivity contribution in [1.29, 1.82) is 0 Å². The number of anilines is 1. The van der Waals surface area contributed by atoms with E-state index in [0.717, 1.165) is 25.3 Å². The smallest absolute Gasteiger partial charge is 0.218 e. The summed E-state index contributed by atoms with van der Waals surface area (Å²) in [7, 11) is 1.59. The van der Waals surface area contributed by atoms with Crippen LogP contribution in [0.4, 0.5) is 5.82 Å². The SMILES string of the molecule is COc1cc(NC(C)C2CCCO2)ncn1. The van der Waals surface area contributed by atoms with Crippen molar-refractivity contribution in [2.24, 2.45) is 0 Å². The third-order valence-corrected chi connectivity index (χ3v) is 2.75. The molecule has 88 valence electrons. The van der Waals surface area contributed by atoms with Gasteiger partial charge in [-0.1, -0.05) is 0 Å². The van der Waals surface area contributed by atoms with Crippen LogP contribution in [0.3, 0.4) is 0 Å². The second-order valence-electron chi connectivity index (χ2n) is 3.93. The van der Waals surface area contributed by atoms with Gasteiger partial charge in [0.2, 0.25) is 5.88 Å². The molecule has 2 rings (SSSR count). The van der Waals surface area contributed by atoms with Crippen molar-refractivity contribution in [3.63, 3.8) is 0 Å². The molecular weight excluding hydrogens is 206 g/mol. The molecule has 0 aromatic carbocycles. The standard InChI is InChI=1S/C11H17N3O2/c1-8(9-4-3-5-16-9)14-10-6-11(15-2)13-7-12-10/h6-9H,3-5H2,1-2H3,(H,12,13,14). The molecule has 16 heavy (non-hydrogen) atoms. The monoisotopic (exact) mass is 223 g/mol. The number of ether oxygens (including phenoxy) is 2. The molecule has 0 bridgehead atoms. The number of aromatic nitrogens is 2. The lowest BCUT2D eigenvalue weighted by molar-refractivity contribution is 0.0995. The van der Waals surface area contributed by atoms with Gasteiger partial charge < -0.3 is 14.8 Å². The van der Waals surface area contributed by atoms with Crippen LogP contribution in [0.15, 0.2) is 12.4 Å². The molecule has 1 saturated heterocycles. The van der Waals surface area contributed by atoms with Crippen LogP contribution < -0.4 is 10.1 Å². The molecule has 5 nitrogen and oxygen atoms in total. The maximum Gasteiger partial charge on any atom is 0.218 e. The number of nitrogens with zero attached hydrogens (tertiary/aromatic N) is 2. The van der Waals surface area contributed by atoms with Gasteiger partial charge in [-0.05, 0) is 19.8 Å². The Hall–Kier alpha value is -1.36. The molecule has 2 heterocycles. The second-order valence-corrected chi connectivity index (χ2v) is 3.93. The van der Waals surface area contributed by atoms with E-state index >= 15 is 0 Å². The van der Waals surface area contributed by atoms with Crippen molar-refractivity contribution >= 4 is 5.82 Å². The summed E-state index contributed by atoms with van der Waals surface area (Å²) in [6, 6.07) is 2.04. The molecule has 1 N–H and O–H groups in total. The number of hydrogen-bond acceptors (Lipinski definition) is 5. The lowest BCUT2D eigenvalue weighted by Gasteiger charge is -2.20. The summed E-state index contributed by atoms with van der Waals surface area (Å²) in [5.74, 6) is 1.34. The molecule has 0 amide bonds. The van der Waals surface area contributed by atoms with E-state index in [-0.39, 0.29) is 12.1 Å². The van der Waals surface area contributed by atoms with Gasteiger partial charge in [-0.2, -0.15) is 0 Å². The Morgan fingerprint density at radius 1 is 1.56 bits per heavy atom. The van der Waals surface area contributed by atoms with Crippen molar-refractivity contribution in [3.05, 3.63) is 12.4 Å². The van der Waals surface area contributed by atoms with Crippen molar-refractivity contribution < 1.29 is 9.47 Å². The fraction of sp³-hybridized carbons (Fsp3) is 0.636. The van der Waals surface area contributed by atoms with Gasteiger partial charge in [-0.25, -0.2) is 9.97 Å². The molecule has 0 saturated carbocycles. The summed E-state index contributed by atoms with van der Waals surface area (Å²) < 4.78 is 10.6. The maximum absolute atomic E-state index is 5.61.